The maximum Gasteiger partial charge on any atom is 0.148 e. The minimum atomic E-state index is -0.548. The molecular weight excluding hydrogens is 200 g/mol. The molecule has 1 N–H and O–H groups in total. The van der Waals surface area contributed by atoms with Crippen molar-refractivity contribution in [3.63, 3.8) is 0 Å². The average Bonchev–Trinajstić information content (AvgIpc) is 2.19. The molecule has 0 unspecified atom stereocenters. The topological polar surface area (TPSA) is 37.3 Å². The molecule has 2 heteroatoms. The third-order valence-electron chi connectivity index (χ3n) is 4.75. The molecule has 0 heterocycles. The average molecular weight is 222 g/mol. The molecule has 0 aromatic rings. The van der Waals surface area contributed by atoms with Crippen LogP contribution >= 0.6 is 0 Å². The molecule has 0 bridgehead atoms. The molecule has 16 heavy (non-hydrogen) atoms. The molecule has 0 spiro atoms. The van der Waals surface area contributed by atoms with E-state index >= 15 is 0 Å². The Morgan fingerprint density at radius 2 is 2.06 bits per heavy atom. The minimum Gasteiger partial charge on any atom is -0.388 e. The van der Waals surface area contributed by atoms with Crippen LogP contribution in [0.1, 0.15) is 46.5 Å². The van der Waals surface area contributed by atoms with Crippen molar-refractivity contribution in [1.82, 2.24) is 0 Å². The van der Waals surface area contributed by atoms with E-state index in [2.05, 4.69) is 20.8 Å². The van der Waals surface area contributed by atoms with Gasteiger partial charge >= 0.3 is 0 Å². The lowest BCUT2D eigenvalue weighted by atomic mass is 9.52. The van der Waals surface area contributed by atoms with Crippen LogP contribution in [-0.2, 0) is 4.79 Å². The van der Waals surface area contributed by atoms with Crippen LogP contribution in [0, 0.1) is 16.7 Å². The van der Waals surface area contributed by atoms with E-state index in [0.29, 0.717) is 11.5 Å². The van der Waals surface area contributed by atoms with Gasteiger partial charge in [-0.1, -0.05) is 33.3 Å². The highest BCUT2D eigenvalue weighted by molar-refractivity contribution is 5.75. The second-order valence-electron chi connectivity index (χ2n) is 6.41. The zero-order valence-electron chi connectivity index (χ0n) is 10.5. The number of fused-ring (bicyclic) bond motifs is 1. The van der Waals surface area contributed by atoms with E-state index in [-0.39, 0.29) is 10.8 Å². The molecule has 90 valence electrons. The SMILES string of the molecule is CC1(C)CCC[C@@]2(C)C=C(C=O)[C@@H](O)C[C@H]12. The summed E-state index contributed by atoms with van der Waals surface area (Å²) in [5.41, 5.74) is 0.979. The first kappa shape index (κ1) is 11.8. The lowest BCUT2D eigenvalue weighted by Gasteiger charge is -2.52. The van der Waals surface area contributed by atoms with Gasteiger partial charge in [0.15, 0.2) is 0 Å². The third kappa shape index (κ3) is 1.73. The Labute approximate surface area is 97.7 Å². The smallest absolute Gasteiger partial charge is 0.148 e. The molecule has 1 saturated carbocycles. The molecule has 2 aliphatic carbocycles. The predicted molar refractivity (Wildman–Crippen MR) is 64.0 cm³/mol. The van der Waals surface area contributed by atoms with Gasteiger partial charge in [-0.15, -0.1) is 0 Å². The Bertz CT molecular complexity index is 330. The van der Waals surface area contributed by atoms with Gasteiger partial charge in [0.1, 0.15) is 6.29 Å². The number of rotatable bonds is 1. The zero-order valence-corrected chi connectivity index (χ0v) is 10.5. The molecule has 0 aromatic carbocycles. The summed E-state index contributed by atoms with van der Waals surface area (Å²) >= 11 is 0. The van der Waals surface area contributed by atoms with Gasteiger partial charge in [0, 0.05) is 5.57 Å². The van der Waals surface area contributed by atoms with E-state index in [0.717, 1.165) is 19.1 Å². The summed E-state index contributed by atoms with van der Waals surface area (Å²) in [6.07, 6.45) is 6.66. The predicted octanol–water partition coefficient (Wildman–Crippen LogP) is 2.71. The van der Waals surface area contributed by atoms with Crippen LogP contribution in [-0.4, -0.2) is 17.5 Å². The fraction of sp³-hybridized carbons (Fsp3) is 0.786. The van der Waals surface area contributed by atoms with Crippen molar-refractivity contribution in [2.24, 2.45) is 16.7 Å². The van der Waals surface area contributed by atoms with E-state index < -0.39 is 6.10 Å². The van der Waals surface area contributed by atoms with Gasteiger partial charge in [0.25, 0.3) is 0 Å². The van der Waals surface area contributed by atoms with Crippen LogP contribution in [0.3, 0.4) is 0 Å². The van der Waals surface area contributed by atoms with Crippen LogP contribution in [0.4, 0.5) is 0 Å². The van der Waals surface area contributed by atoms with Crippen LogP contribution in [0.2, 0.25) is 0 Å². The van der Waals surface area contributed by atoms with Gasteiger partial charge in [-0.3, -0.25) is 4.79 Å². The molecule has 0 aromatic heterocycles. The highest BCUT2D eigenvalue weighted by Crippen LogP contribution is 2.56. The summed E-state index contributed by atoms with van der Waals surface area (Å²) in [4.78, 5) is 10.9. The second kappa shape index (κ2) is 3.69. The van der Waals surface area contributed by atoms with Crippen molar-refractivity contribution in [2.75, 3.05) is 0 Å². The summed E-state index contributed by atoms with van der Waals surface area (Å²) in [7, 11) is 0. The molecule has 2 rings (SSSR count). The van der Waals surface area contributed by atoms with Crippen molar-refractivity contribution >= 4 is 6.29 Å². The maximum absolute atomic E-state index is 10.9. The number of aliphatic hydroxyl groups excluding tert-OH is 1. The standard InChI is InChI=1S/C14H22O2/c1-13(2)5-4-6-14(3)8-10(9-15)11(16)7-12(13)14/h8-9,11-12,16H,4-7H2,1-3H3/t11-,12+,14-/m0/s1. The first-order valence-electron chi connectivity index (χ1n) is 6.25. The van der Waals surface area contributed by atoms with E-state index in [1.165, 1.54) is 12.8 Å². The van der Waals surface area contributed by atoms with Crippen molar-refractivity contribution in [3.05, 3.63) is 11.6 Å². The summed E-state index contributed by atoms with van der Waals surface area (Å²) in [5.74, 6) is 0.493. The van der Waals surface area contributed by atoms with Gasteiger partial charge < -0.3 is 5.11 Å². The Hall–Kier alpha value is -0.630. The summed E-state index contributed by atoms with van der Waals surface area (Å²) < 4.78 is 0. The van der Waals surface area contributed by atoms with Crippen LogP contribution in [0.5, 0.6) is 0 Å². The van der Waals surface area contributed by atoms with Gasteiger partial charge in [-0.25, -0.2) is 0 Å². The largest absolute Gasteiger partial charge is 0.388 e. The number of aliphatic hydroxyl groups is 1. The van der Waals surface area contributed by atoms with Gasteiger partial charge in [0.05, 0.1) is 6.10 Å². The third-order valence-corrected chi connectivity index (χ3v) is 4.75. The summed E-state index contributed by atoms with van der Waals surface area (Å²) in [6.45, 7) is 6.83. The number of hydrogen-bond acceptors (Lipinski definition) is 2. The lowest BCUT2D eigenvalue weighted by molar-refractivity contribution is -0.106. The number of hydrogen-bond donors (Lipinski definition) is 1. The second-order valence-corrected chi connectivity index (χ2v) is 6.41. The van der Waals surface area contributed by atoms with Crippen LogP contribution in [0.15, 0.2) is 11.6 Å². The van der Waals surface area contributed by atoms with Gasteiger partial charge in [0.2, 0.25) is 0 Å². The summed E-state index contributed by atoms with van der Waals surface area (Å²) in [6, 6.07) is 0. The fourth-order valence-electron chi connectivity index (χ4n) is 3.88. The first-order chi connectivity index (χ1) is 7.39. The Balaban J connectivity index is 2.39. The maximum atomic E-state index is 10.9. The van der Waals surface area contributed by atoms with E-state index in [9.17, 15) is 9.90 Å². The zero-order chi connectivity index (χ0) is 12.0. The van der Waals surface area contributed by atoms with Crippen molar-refractivity contribution in [2.45, 2.75) is 52.6 Å². The van der Waals surface area contributed by atoms with Crippen molar-refractivity contribution in [1.29, 1.82) is 0 Å². The highest BCUT2D eigenvalue weighted by atomic mass is 16.3. The fourth-order valence-corrected chi connectivity index (χ4v) is 3.88. The monoisotopic (exact) mass is 222 g/mol. The summed E-state index contributed by atoms with van der Waals surface area (Å²) in [5, 5.41) is 9.95. The Morgan fingerprint density at radius 3 is 2.69 bits per heavy atom. The van der Waals surface area contributed by atoms with E-state index in [1.807, 2.05) is 6.08 Å². The molecule has 0 radical (unpaired) electrons. The van der Waals surface area contributed by atoms with E-state index in [1.54, 1.807) is 0 Å². The minimum absolute atomic E-state index is 0.108. The highest BCUT2D eigenvalue weighted by Gasteiger charge is 2.48. The Morgan fingerprint density at radius 1 is 1.38 bits per heavy atom. The Kier molecular flexibility index (Phi) is 2.73. The molecule has 3 atom stereocenters. The van der Waals surface area contributed by atoms with Crippen LogP contribution < -0.4 is 0 Å². The van der Waals surface area contributed by atoms with Gasteiger partial charge in [-0.05, 0) is 36.0 Å². The van der Waals surface area contributed by atoms with Crippen molar-refractivity contribution in [3.8, 4) is 0 Å². The molecule has 0 saturated heterocycles. The molecule has 0 aliphatic heterocycles. The molecule has 1 fully saturated rings. The quantitative estimate of drug-likeness (QED) is 0.693. The lowest BCUT2D eigenvalue weighted by Crippen LogP contribution is -2.46. The number of aldehydes is 1. The van der Waals surface area contributed by atoms with Gasteiger partial charge in [-0.2, -0.15) is 0 Å². The molecule has 0 amide bonds. The number of carbonyl (C=O) groups excluding carboxylic acids is 1. The normalized spacial score (nSPS) is 42.1. The molecule has 2 nitrogen and oxygen atoms in total. The molecular formula is C14H22O2. The number of allylic oxidation sites excluding steroid dienone is 1. The molecule has 2 aliphatic rings. The number of carbonyl (C=O) groups is 1. The van der Waals surface area contributed by atoms with Crippen LogP contribution in [0.25, 0.3) is 0 Å². The van der Waals surface area contributed by atoms with Crippen molar-refractivity contribution < 1.29 is 9.90 Å². The first-order valence-corrected chi connectivity index (χ1v) is 6.25. The van der Waals surface area contributed by atoms with E-state index in [4.69, 9.17) is 0 Å².